The fraction of sp³-hybridized carbons (Fsp3) is 0.538. The van der Waals surface area contributed by atoms with Crippen molar-refractivity contribution in [3.63, 3.8) is 0 Å². The molecule has 0 atom stereocenters. The lowest BCUT2D eigenvalue weighted by Gasteiger charge is -2.22. The van der Waals surface area contributed by atoms with Gasteiger partial charge in [-0.15, -0.1) is 0 Å². The van der Waals surface area contributed by atoms with Crippen molar-refractivity contribution in [2.24, 2.45) is 5.92 Å². The minimum Gasteiger partial charge on any atom is -0.207 e. The number of rotatable bonds is 6. The minimum atomic E-state index is -3.49. The highest BCUT2D eigenvalue weighted by Crippen LogP contribution is 2.33. The molecule has 106 valence electrons. The van der Waals surface area contributed by atoms with Gasteiger partial charge in [0.15, 0.2) is 0 Å². The first-order chi connectivity index (χ1) is 8.95. The van der Waals surface area contributed by atoms with Crippen LogP contribution in [0.2, 0.25) is 5.02 Å². The normalized spacial score (nSPS) is 16.0. The molecule has 1 aliphatic carbocycles. The summed E-state index contributed by atoms with van der Waals surface area (Å²) in [6, 6.07) is 4.90. The standard InChI is InChI=1S/C13H17BrClNO2S/c1-2-7-16(9-10-3-4-10)19(17,18)13-6-5-11(14)8-12(13)15/h5-6,8,10H,2-4,7,9H2,1H3. The molecule has 1 saturated carbocycles. The lowest BCUT2D eigenvalue weighted by Crippen LogP contribution is -2.33. The number of benzene rings is 1. The Kier molecular flexibility index (Phi) is 4.93. The zero-order valence-electron chi connectivity index (χ0n) is 10.8. The highest BCUT2D eigenvalue weighted by molar-refractivity contribution is 9.10. The molecule has 1 fully saturated rings. The van der Waals surface area contributed by atoms with Crippen molar-refractivity contribution >= 4 is 37.6 Å². The van der Waals surface area contributed by atoms with Crippen molar-refractivity contribution in [2.75, 3.05) is 13.1 Å². The highest BCUT2D eigenvalue weighted by Gasteiger charge is 2.32. The molecular weight excluding hydrogens is 350 g/mol. The van der Waals surface area contributed by atoms with E-state index in [1.807, 2.05) is 6.92 Å². The molecule has 0 unspecified atom stereocenters. The van der Waals surface area contributed by atoms with Crippen LogP contribution in [0.5, 0.6) is 0 Å². The molecular formula is C13H17BrClNO2S. The summed E-state index contributed by atoms with van der Waals surface area (Å²) in [6.45, 7) is 3.15. The van der Waals surface area contributed by atoms with E-state index in [4.69, 9.17) is 11.6 Å². The van der Waals surface area contributed by atoms with E-state index in [0.29, 0.717) is 19.0 Å². The first kappa shape index (κ1) is 15.3. The molecule has 1 aromatic rings. The van der Waals surface area contributed by atoms with Crippen molar-refractivity contribution in [1.82, 2.24) is 4.31 Å². The summed E-state index contributed by atoms with van der Waals surface area (Å²) in [5.74, 6) is 0.524. The van der Waals surface area contributed by atoms with Crippen LogP contribution in [0.25, 0.3) is 0 Å². The fourth-order valence-electron chi connectivity index (χ4n) is 1.97. The maximum absolute atomic E-state index is 12.6. The van der Waals surface area contributed by atoms with Crippen LogP contribution < -0.4 is 0 Å². The minimum absolute atomic E-state index is 0.200. The predicted molar refractivity (Wildman–Crippen MR) is 80.9 cm³/mol. The average Bonchev–Trinajstić information content (AvgIpc) is 3.11. The third-order valence-corrected chi connectivity index (χ3v) is 5.98. The molecule has 0 heterocycles. The second-order valence-corrected chi connectivity index (χ2v) is 8.11. The first-order valence-corrected chi connectivity index (χ1v) is 9.01. The third kappa shape index (κ3) is 3.72. The van der Waals surface area contributed by atoms with Crippen LogP contribution in [0.15, 0.2) is 27.6 Å². The molecule has 0 spiro atoms. The van der Waals surface area contributed by atoms with E-state index in [2.05, 4.69) is 15.9 Å². The number of hydrogen-bond donors (Lipinski definition) is 0. The van der Waals surface area contributed by atoms with Crippen LogP contribution in [-0.4, -0.2) is 25.8 Å². The summed E-state index contributed by atoms with van der Waals surface area (Å²) in [7, 11) is -3.49. The molecule has 19 heavy (non-hydrogen) atoms. The van der Waals surface area contributed by atoms with Gasteiger partial charge in [0.05, 0.1) is 5.02 Å². The summed E-state index contributed by atoms with van der Waals surface area (Å²) < 4.78 is 27.6. The Morgan fingerprint density at radius 2 is 2.11 bits per heavy atom. The largest absolute Gasteiger partial charge is 0.244 e. The van der Waals surface area contributed by atoms with Gasteiger partial charge in [-0.2, -0.15) is 4.31 Å². The SMILES string of the molecule is CCCN(CC1CC1)S(=O)(=O)c1ccc(Br)cc1Cl. The molecule has 6 heteroatoms. The molecule has 0 bridgehead atoms. The van der Waals surface area contributed by atoms with Crippen molar-refractivity contribution in [3.05, 3.63) is 27.7 Å². The van der Waals surface area contributed by atoms with Crippen molar-refractivity contribution in [2.45, 2.75) is 31.1 Å². The molecule has 1 aromatic carbocycles. The van der Waals surface area contributed by atoms with E-state index in [-0.39, 0.29) is 9.92 Å². The highest BCUT2D eigenvalue weighted by atomic mass is 79.9. The van der Waals surface area contributed by atoms with Crippen LogP contribution in [0, 0.1) is 5.92 Å². The van der Waals surface area contributed by atoms with Crippen molar-refractivity contribution < 1.29 is 8.42 Å². The van der Waals surface area contributed by atoms with E-state index in [1.165, 1.54) is 0 Å². The monoisotopic (exact) mass is 365 g/mol. The quantitative estimate of drug-likeness (QED) is 0.765. The van der Waals surface area contributed by atoms with Gasteiger partial charge in [0, 0.05) is 17.6 Å². The van der Waals surface area contributed by atoms with Gasteiger partial charge in [-0.05, 0) is 43.4 Å². The molecule has 0 amide bonds. The number of sulfonamides is 1. The molecule has 3 nitrogen and oxygen atoms in total. The van der Waals surface area contributed by atoms with Gasteiger partial charge in [-0.1, -0.05) is 34.5 Å². The molecule has 0 saturated heterocycles. The fourth-order valence-corrected chi connectivity index (χ4v) is 4.59. The second-order valence-electron chi connectivity index (χ2n) is 4.88. The zero-order chi connectivity index (χ0) is 14.0. The Balaban J connectivity index is 2.31. The van der Waals surface area contributed by atoms with Crippen molar-refractivity contribution in [1.29, 1.82) is 0 Å². The third-order valence-electron chi connectivity index (χ3n) is 3.14. The summed E-state index contributed by atoms with van der Waals surface area (Å²) in [6.07, 6.45) is 3.06. The molecule has 0 radical (unpaired) electrons. The molecule has 0 N–H and O–H groups in total. The van der Waals surface area contributed by atoms with Gasteiger partial charge in [0.25, 0.3) is 0 Å². The van der Waals surface area contributed by atoms with Crippen molar-refractivity contribution in [3.8, 4) is 0 Å². The molecule has 1 aliphatic rings. The van der Waals surface area contributed by atoms with Crippen LogP contribution in [-0.2, 0) is 10.0 Å². The zero-order valence-corrected chi connectivity index (χ0v) is 13.9. The number of hydrogen-bond acceptors (Lipinski definition) is 2. The second kappa shape index (κ2) is 6.12. The van der Waals surface area contributed by atoms with Gasteiger partial charge < -0.3 is 0 Å². The maximum atomic E-state index is 12.6. The van der Waals surface area contributed by atoms with Gasteiger partial charge in [-0.25, -0.2) is 8.42 Å². The van der Waals surface area contributed by atoms with E-state index < -0.39 is 10.0 Å². The van der Waals surface area contributed by atoms with Gasteiger partial charge in [0.1, 0.15) is 4.90 Å². The van der Waals surface area contributed by atoms with Crippen LogP contribution in [0.1, 0.15) is 26.2 Å². The Morgan fingerprint density at radius 1 is 1.42 bits per heavy atom. The Hall–Kier alpha value is -0.100. The molecule has 0 aliphatic heterocycles. The molecule has 0 aromatic heterocycles. The smallest absolute Gasteiger partial charge is 0.207 e. The summed E-state index contributed by atoms with van der Waals surface area (Å²) in [4.78, 5) is 0.200. The van der Waals surface area contributed by atoms with Gasteiger partial charge >= 0.3 is 0 Å². The van der Waals surface area contributed by atoms with Crippen LogP contribution in [0.4, 0.5) is 0 Å². The number of nitrogens with zero attached hydrogens (tertiary/aromatic N) is 1. The summed E-state index contributed by atoms with van der Waals surface area (Å²) in [5, 5.41) is 0.270. The Morgan fingerprint density at radius 3 is 2.63 bits per heavy atom. The van der Waals surface area contributed by atoms with Crippen LogP contribution >= 0.6 is 27.5 Å². The van der Waals surface area contributed by atoms with Gasteiger partial charge in [0.2, 0.25) is 10.0 Å². The van der Waals surface area contributed by atoms with E-state index in [9.17, 15) is 8.42 Å². The van der Waals surface area contributed by atoms with Gasteiger partial charge in [-0.3, -0.25) is 0 Å². The summed E-state index contributed by atoms with van der Waals surface area (Å²) in [5.41, 5.74) is 0. The van der Waals surface area contributed by atoms with E-state index >= 15 is 0 Å². The van der Waals surface area contributed by atoms with E-state index in [1.54, 1.807) is 22.5 Å². The lowest BCUT2D eigenvalue weighted by molar-refractivity contribution is 0.395. The van der Waals surface area contributed by atoms with E-state index in [0.717, 1.165) is 23.7 Å². The lowest BCUT2D eigenvalue weighted by atomic mass is 10.4. The molecule has 2 rings (SSSR count). The number of halogens is 2. The summed E-state index contributed by atoms with van der Waals surface area (Å²) >= 11 is 9.36. The Labute approximate surface area is 128 Å². The average molecular weight is 367 g/mol. The predicted octanol–water partition coefficient (Wildman–Crippen LogP) is 3.91. The topological polar surface area (TPSA) is 37.4 Å². The Bertz CT molecular complexity index is 558. The maximum Gasteiger partial charge on any atom is 0.244 e. The first-order valence-electron chi connectivity index (χ1n) is 6.40. The van der Waals surface area contributed by atoms with Crippen LogP contribution in [0.3, 0.4) is 0 Å².